The van der Waals surface area contributed by atoms with Crippen LogP contribution in [-0.2, 0) is 10.1 Å². The van der Waals surface area contributed by atoms with Crippen LogP contribution in [0.1, 0.15) is 11.1 Å². The summed E-state index contributed by atoms with van der Waals surface area (Å²) < 4.78 is 32.9. The third-order valence-corrected chi connectivity index (χ3v) is 5.26. The van der Waals surface area contributed by atoms with Crippen molar-refractivity contribution >= 4 is 21.5 Å². The average Bonchev–Trinajstić information content (AvgIpc) is 2.70. The van der Waals surface area contributed by atoms with Gasteiger partial charge in [-0.2, -0.15) is 10.2 Å². The fourth-order valence-electron chi connectivity index (χ4n) is 2.55. The fourth-order valence-corrected chi connectivity index (χ4v) is 3.02. The Hall–Kier alpha value is -2.63. The summed E-state index contributed by atoms with van der Waals surface area (Å²) >= 11 is 0. The molecule has 0 amide bonds. The molecule has 31 heavy (non-hydrogen) atoms. The summed E-state index contributed by atoms with van der Waals surface area (Å²) in [4.78, 5) is 24.3. The second kappa shape index (κ2) is 10.1. The van der Waals surface area contributed by atoms with Crippen LogP contribution in [0.2, 0.25) is 0 Å². The standard InChI is InChI=1S/C20H18N4O5S.Na/c1-12-4-3-5-16(13(12)2)22-24-19-18(25)11-10-17(20(19)26)23-21-14-6-8-15(9-7-14)30(27,28)29;/h3-11,21-22H,1-2H3,(H,27,28,29);/q;+1/p-1/b23-17+,24-19+;. The summed E-state index contributed by atoms with van der Waals surface area (Å²) in [5, 5.41) is 7.54. The molecule has 0 radical (unpaired) electrons. The SMILES string of the molecule is Cc1cccc(N/N=c2\c(=O)cc/c(=N\Nc3ccc(S(=O)(=O)[O-])cc3)c2=O)c1C.[Na+]. The Morgan fingerprint density at radius 3 is 2.19 bits per heavy atom. The largest absolute Gasteiger partial charge is 1.00 e. The number of nitrogens with zero attached hydrogens (tertiary/aromatic N) is 2. The van der Waals surface area contributed by atoms with Crippen molar-refractivity contribution in [1.29, 1.82) is 0 Å². The van der Waals surface area contributed by atoms with Crippen LogP contribution in [0.3, 0.4) is 0 Å². The van der Waals surface area contributed by atoms with Gasteiger partial charge >= 0.3 is 29.6 Å². The zero-order valence-corrected chi connectivity index (χ0v) is 19.9. The summed E-state index contributed by atoms with van der Waals surface area (Å²) in [5.74, 6) is 0. The van der Waals surface area contributed by atoms with Crippen LogP contribution in [0.4, 0.5) is 11.4 Å². The Labute approximate surface area is 199 Å². The molecule has 11 heteroatoms. The van der Waals surface area contributed by atoms with E-state index < -0.39 is 21.0 Å². The van der Waals surface area contributed by atoms with Gasteiger partial charge in [-0.3, -0.25) is 20.4 Å². The first-order valence-corrected chi connectivity index (χ1v) is 10.1. The summed E-state index contributed by atoms with van der Waals surface area (Å²) in [6.07, 6.45) is 0. The zero-order chi connectivity index (χ0) is 21.9. The molecule has 0 aliphatic carbocycles. The van der Waals surface area contributed by atoms with Crippen molar-refractivity contribution < 1.29 is 42.5 Å². The molecule has 3 rings (SSSR count). The molecule has 9 nitrogen and oxygen atoms in total. The zero-order valence-electron chi connectivity index (χ0n) is 17.0. The van der Waals surface area contributed by atoms with Gasteiger partial charge in [-0.1, -0.05) is 12.1 Å². The van der Waals surface area contributed by atoms with Crippen LogP contribution in [0.5, 0.6) is 0 Å². The minimum atomic E-state index is -4.55. The summed E-state index contributed by atoms with van der Waals surface area (Å²) in [6.45, 7) is 3.82. The van der Waals surface area contributed by atoms with E-state index in [1.54, 1.807) is 6.07 Å². The molecular formula is C20H17N4NaO5S. The Morgan fingerprint density at radius 2 is 1.55 bits per heavy atom. The van der Waals surface area contributed by atoms with Crippen molar-refractivity contribution in [3.8, 4) is 0 Å². The van der Waals surface area contributed by atoms with Gasteiger partial charge in [0.2, 0.25) is 10.9 Å². The number of rotatable bonds is 5. The number of nitrogens with one attached hydrogen (secondary N) is 2. The van der Waals surface area contributed by atoms with Gasteiger partial charge in [0.25, 0.3) is 0 Å². The van der Waals surface area contributed by atoms with E-state index in [0.717, 1.165) is 23.3 Å². The summed E-state index contributed by atoms with van der Waals surface area (Å²) in [6, 6.07) is 12.9. The molecule has 0 fully saturated rings. The molecule has 0 atom stereocenters. The molecule has 2 N–H and O–H groups in total. The summed E-state index contributed by atoms with van der Waals surface area (Å²) in [5.41, 5.74) is 7.09. The van der Waals surface area contributed by atoms with Crippen molar-refractivity contribution in [1.82, 2.24) is 0 Å². The second-order valence-electron chi connectivity index (χ2n) is 6.43. The Morgan fingerprint density at radius 1 is 0.871 bits per heavy atom. The van der Waals surface area contributed by atoms with Crippen LogP contribution in [0, 0.1) is 13.8 Å². The first-order chi connectivity index (χ1) is 14.2. The molecule has 3 aromatic carbocycles. The molecule has 0 aromatic heterocycles. The van der Waals surface area contributed by atoms with Crippen molar-refractivity contribution in [3.05, 3.63) is 96.9 Å². The van der Waals surface area contributed by atoms with Gasteiger partial charge in [0, 0.05) is 0 Å². The van der Waals surface area contributed by atoms with E-state index >= 15 is 0 Å². The fraction of sp³-hybridized carbons (Fsp3) is 0.100. The van der Waals surface area contributed by atoms with Crippen LogP contribution in [0.25, 0.3) is 0 Å². The Bertz CT molecular complexity index is 1430. The van der Waals surface area contributed by atoms with Gasteiger partial charge < -0.3 is 4.55 Å². The number of anilines is 2. The monoisotopic (exact) mass is 448 g/mol. The summed E-state index contributed by atoms with van der Waals surface area (Å²) in [7, 11) is -4.55. The van der Waals surface area contributed by atoms with Crippen LogP contribution >= 0.6 is 0 Å². The molecular weight excluding hydrogens is 431 g/mol. The Balaban J connectivity index is 0.00000341. The maximum atomic E-state index is 12.6. The molecule has 0 bridgehead atoms. The van der Waals surface area contributed by atoms with E-state index in [9.17, 15) is 22.6 Å². The topological polar surface area (TPSA) is 140 Å². The van der Waals surface area contributed by atoms with Crippen molar-refractivity contribution in [2.24, 2.45) is 10.2 Å². The molecule has 0 heterocycles. The Kier molecular flexibility index (Phi) is 8.04. The van der Waals surface area contributed by atoms with Crippen LogP contribution < -0.4 is 62.0 Å². The molecule has 0 aliphatic rings. The number of hydrogen-bond acceptors (Lipinski definition) is 9. The van der Waals surface area contributed by atoms with Crippen LogP contribution in [0.15, 0.2) is 79.3 Å². The molecule has 0 spiro atoms. The maximum Gasteiger partial charge on any atom is 1.00 e. The molecule has 0 saturated carbocycles. The van der Waals surface area contributed by atoms with Crippen molar-refractivity contribution in [3.63, 3.8) is 0 Å². The number of benzene rings is 3. The quantitative estimate of drug-likeness (QED) is 0.253. The number of aryl methyl sites for hydroxylation is 1. The van der Waals surface area contributed by atoms with E-state index in [1.807, 2.05) is 26.0 Å². The average molecular weight is 448 g/mol. The molecule has 3 aromatic rings. The smallest absolute Gasteiger partial charge is 0.744 e. The third kappa shape index (κ3) is 5.96. The van der Waals surface area contributed by atoms with Gasteiger partial charge in [0.1, 0.15) is 15.5 Å². The molecule has 154 valence electrons. The minimum absolute atomic E-state index is 0. The predicted octanol–water partition coefficient (Wildman–Crippen LogP) is -2.34. The normalized spacial score (nSPS) is 12.4. The van der Waals surface area contributed by atoms with Gasteiger partial charge in [-0.25, -0.2) is 8.42 Å². The first kappa shape index (κ1) is 24.6. The van der Waals surface area contributed by atoms with Crippen molar-refractivity contribution in [2.45, 2.75) is 18.7 Å². The molecule has 0 unspecified atom stereocenters. The van der Waals surface area contributed by atoms with Gasteiger partial charge in [-0.05, 0) is 67.4 Å². The van der Waals surface area contributed by atoms with Crippen LogP contribution in [-0.4, -0.2) is 13.0 Å². The first-order valence-electron chi connectivity index (χ1n) is 8.73. The van der Waals surface area contributed by atoms with E-state index in [2.05, 4.69) is 21.1 Å². The predicted molar refractivity (Wildman–Crippen MR) is 110 cm³/mol. The van der Waals surface area contributed by atoms with E-state index in [1.165, 1.54) is 24.3 Å². The molecule has 0 saturated heterocycles. The van der Waals surface area contributed by atoms with Crippen molar-refractivity contribution in [2.75, 3.05) is 10.9 Å². The van der Waals surface area contributed by atoms with Gasteiger partial charge in [-0.15, -0.1) is 0 Å². The van der Waals surface area contributed by atoms with E-state index in [0.29, 0.717) is 11.4 Å². The molecule has 0 aliphatic heterocycles. The van der Waals surface area contributed by atoms with E-state index in [4.69, 9.17) is 0 Å². The van der Waals surface area contributed by atoms with Gasteiger partial charge in [0.15, 0.2) is 5.36 Å². The minimum Gasteiger partial charge on any atom is -0.744 e. The van der Waals surface area contributed by atoms with E-state index in [-0.39, 0.29) is 45.2 Å². The maximum absolute atomic E-state index is 12.6. The second-order valence-corrected chi connectivity index (χ2v) is 7.81. The van der Waals surface area contributed by atoms with Gasteiger partial charge in [0.05, 0.1) is 16.3 Å². The number of hydrogen-bond donors (Lipinski definition) is 2. The third-order valence-electron chi connectivity index (χ3n) is 4.41.